The third-order valence-electron chi connectivity index (χ3n) is 3.14. The van der Waals surface area contributed by atoms with Crippen LogP contribution in [0.5, 0.6) is 0 Å². The molecule has 0 unspecified atom stereocenters. The number of nitrogens with two attached hydrogens (primary N) is 2. The lowest BCUT2D eigenvalue weighted by Crippen LogP contribution is -1.92. The SMILES string of the molecule is Nc1cc(N)cc(-c2ccc(-c3ccccc3)cn2)c1. The van der Waals surface area contributed by atoms with Crippen LogP contribution in [0.3, 0.4) is 0 Å². The zero-order valence-corrected chi connectivity index (χ0v) is 11.0. The lowest BCUT2D eigenvalue weighted by molar-refractivity contribution is 1.33. The highest BCUT2D eigenvalue weighted by Gasteiger charge is 2.03. The Bertz CT molecular complexity index is 699. The van der Waals surface area contributed by atoms with Crippen molar-refractivity contribution in [3.8, 4) is 22.4 Å². The minimum absolute atomic E-state index is 0.647. The molecule has 0 aliphatic carbocycles. The third-order valence-corrected chi connectivity index (χ3v) is 3.14. The van der Waals surface area contributed by atoms with Crippen molar-refractivity contribution in [3.63, 3.8) is 0 Å². The van der Waals surface area contributed by atoms with Gasteiger partial charge in [0, 0.05) is 28.7 Å². The third kappa shape index (κ3) is 2.47. The van der Waals surface area contributed by atoms with Crippen molar-refractivity contribution in [1.29, 1.82) is 0 Å². The molecule has 0 bridgehead atoms. The number of nitrogens with zero attached hydrogens (tertiary/aromatic N) is 1. The van der Waals surface area contributed by atoms with Crippen LogP contribution >= 0.6 is 0 Å². The molecule has 0 saturated carbocycles. The molecule has 3 aromatic rings. The summed E-state index contributed by atoms with van der Waals surface area (Å²) in [6.45, 7) is 0. The van der Waals surface area contributed by atoms with E-state index in [1.54, 1.807) is 6.07 Å². The molecule has 0 aliphatic rings. The van der Waals surface area contributed by atoms with Gasteiger partial charge in [-0.2, -0.15) is 0 Å². The van der Waals surface area contributed by atoms with Gasteiger partial charge in [-0.3, -0.25) is 4.98 Å². The molecule has 0 saturated heterocycles. The highest BCUT2D eigenvalue weighted by molar-refractivity contribution is 5.72. The van der Waals surface area contributed by atoms with E-state index in [-0.39, 0.29) is 0 Å². The Morgan fingerprint density at radius 1 is 0.650 bits per heavy atom. The molecule has 0 spiro atoms. The summed E-state index contributed by atoms with van der Waals surface area (Å²) >= 11 is 0. The van der Waals surface area contributed by atoms with Gasteiger partial charge in [0.2, 0.25) is 0 Å². The van der Waals surface area contributed by atoms with Crippen molar-refractivity contribution in [1.82, 2.24) is 4.98 Å². The van der Waals surface area contributed by atoms with Crippen LogP contribution in [0.2, 0.25) is 0 Å². The predicted octanol–water partition coefficient (Wildman–Crippen LogP) is 3.58. The normalized spacial score (nSPS) is 10.4. The van der Waals surface area contributed by atoms with Gasteiger partial charge < -0.3 is 11.5 Å². The monoisotopic (exact) mass is 261 g/mol. The molecule has 0 amide bonds. The van der Waals surface area contributed by atoms with E-state index in [0.717, 1.165) is 22.4 Å². The molecular weight excluding hydrogens is 246 g/mol. The fraction of sp³-hybridized carbons (Fsp3) is 0. The molecule has 3 heteroatoms. The summed E-state index contributed by atoms with van der Waals surface area (Å²) in [6, 6.07) is 19.7. The van der Waals surface area contributed by atoms with Crippen LogP contribution in [0.1, 0.15) is 0 Å². The van der Waals surface area contributed by atoms with Gasteiger partial charge in [0.05, 0.1) is 5.69 Å². The molecule has 1 heterocycles. The topological polar surface area (TPSA) is 64.9 Å². The average Bonchev–Trinajstić information content (AvgIpc) is 2.47. The molecule has 4 N–H and O–H groups in total. The fourth-order valence-corrected chi connectivity index (χ4v) is 2.19. The minimum Gasteiger partial charge on any atom is -0.399 e. The number of hydrogen-bond donors (Lipinski definition) is 2. The summed E-state index contributed by atoms with van der Waals surface area (Å²) in [5, 5.41) is 0. The van der Waals surface area contributed by atoms with Gasteiger partial charge in [0.1, 0.15) is 0 Å². The summed E-state index contributed by atoms with van der Waals surface area (Å²) in [5.41, 5.74) is 17.0. The van der Waals surface area contributed by atoms with Crippen molar-refractivity contribution < 1.29 is 0 Å². The Morgan fingerprint density at radius 2 is 1.35 bits per heavy atom. The van der Waals surface area contributed by atoms with E-state index in [9.17, 15) is 0 Å². The molecule has 0 aliphatic heterocycles. The number of anilines is 2. The number of pyridine rings is 1. The minimum atomic E-state index is 0.647. The molecule has 20 heavy (non-hydrogen) atoms. The van der Waals surface area contributed by atoms with E-state index < -0.39 is 0 Å². The van der Waals surface area contributed by atoms with E-state index >= 15 is 0 Å². The van der Waals surface area contributed by atoms with Gasteiger partial charge in [-0.05, 0) is 29.8 Å². The van der Waals surface area contributed by atoms with Crippen LogP contribution in [0.4, 0.5) is 11.4 Å². The molecular formula is C17H15N3. The molecule has 0 fully saturated rings. The Hall–Kier alpha value is -2.81. The lowest BCUT2D eigenvalue weighted by atomic mass is 10.1. The van der Waals surface area contributed by atoms with Crippen LogP contribution in [-0.2, 0) is 0 Å². The summed E-state index contributed by atoms with van der Waals surface area (Å²) in [4.78, 5) is 4.50. The van der Waals surface area contributed by atoms with Gasteiger partial charge in [-0.1, -0.05) is 36.4 Å². The van der Waals surface area contributed by atoms with E-state index in [1.807, 2.05) is 42.6 Å². The fourth-order valence-electron chi connectivity index (χ4n) is 2.19. The van der Waals surface area contributed by atoms with E-state index in [2.05, 4.69) is 23.2 Å². The molecule has 2 aromatic carbocycles. The molecule has 0 atom stereocenters. The van der Waals surface area contributed by atoms with Gasteiger partial charge in [-0.25, -0.2) is 0 Å². The molecule has 3 nitrogen and oxygen atoms in total. The summed E-state index contributed by atoms with van der Waals surface area (Å²) in [6.07, 6.45) is 1.87. The number of rotatable bonds is 2. The first-order chi connectivity index (χ1) is 9.72. The van der Waals surface area contributed by atoms with E-state index in [4.69, 9.17) is 11.5 Å². The smallest absolute Gasteiger partial charge is 0.0703 e. The second kappa shape index (κ2) is 5.05. The summed E-state index contributed by atoms with van der Waals surface area (Å²) in [5.74, 6) is 0. The maximum Gasteiger partial charge on any atom is 0.0703 e. The van der Waals surface area contributed by atoms with Crippen molar-refractivity contribution in [2.45, 2.75) is 0 Å². The second-order valence-electron chi connectivity index (χ2n) is 4.69. The van der Waals surface area contributed by atoms with Crippen LogP contribution in [0, 0.1) is 0 Å². The Morgan fingerprint density at radius 3 is 1.95 bits per heavy atom. The Kier molecular flexibility index (Phi) is 3.09. The largest absolute Gasteiger partial charge is 0.399 e. The first-order valence-corrected chi connectivity index (χ1v) is 6.40. The van der Waals surface area contributed by atoms with Crippen LogP contribution in [0.15, 0.2) is 66.9 Å². The lowest BCUT2D eigenvalue weighted by Gasteiger charge is -2.06. The second-order valence-corrected chi connectivity index (χ2v) is 4.69. The van der Waals surface area contributed by atoms with Gasteiger partial charge >= 0.3 is 0 Å². The predicted molar refractivity (Wildman–Crippen MR) is 83.9 cm³/mol. The number of nitrogen functional groups attached to an aromatic ring is 2. The van der Waals surface area contributed by atoms with E-state index in [0.29, 0.717) is 11.4 Å². The average molecular weight is 261 g/mol. The van der Waals surface area contributed by atoms with Crippen LogP contribution in [0.25, 0.3) is 22.4 Å². The molecule has 1 aromatic heterocycles. The van der Waals surface area contributed by atoms with E-state index in [1.165, 1.54) is 0 Å². The maximum absolute atomic E-state index is 5.81. The number of aromatic nitrogens is 1. The van der Waals surface area contributed by atoms with Crippen molar-refractivity contribution in [2.24, 2.45) is 0 Å². The Balaban J connectivity index is 1.97. The Labute approximate surface area is 117 Å². The molecule has 3 rings (SSSR count). The van der Waals surface area contributed by atoms with Crippen LogP contribution < -0.4 is 11.5 Å². The quantitative estimate of drug-likeness (QED) is 0.693. The van der Waals surface area contributed by atoms with Gasteiger partial charge in [0.15, 0.2) is 0 Å². The highest BCUT2D eigenvalue weighted by atomic mass is 14.7. The van der Waals surface area contributed by atoms with Crippen LogP contribution in [-0.4, -0.2) is 4.98 Å². The summed E-state index contributed by atoms with van der Waals surface area (Å²) < 4.78 is 0. The van der Waals surface area contributed by atoms with Gasteiger partial charge in [0.25, 0.3) is 0 Å². The maximum atomic E-state index is 5.81. The molecule has 98 valence electrons. The van der Waals surface area contributed by atoms with Crippen molar-refractivity contribution in [3.05, 3.63) is 66.9 Å². The first kappa shape index (κ1) is 12.2. The molecule has 0 radical (unpaired) electrons. The zero-order chi connectivity index (χ0) is 13.9. The van der Waals surface area contributed by atoms with Gasteiger partial charge in [-0.15, -0.1) is 0 Å². The summed E-state index contributed by atoms with van der Waals surface area (Å²) in [7, 11) is 0. The number of hydrogen-bond acceptors (Lipinski definition) is 3. The highest BCUT2D eigenvalue weighted by Crippen LogP contribution is 2.25. The van der Waals surface area contributed by atoms with Crippen molar-refractivity contribution >= 4 is 11.4 Å². The van der Waals surface area contributed by atoms with Crippen molar-refractivity contribution in [2.75, 3.05) is 11.5 Å². The zero-order valence-electron chi connectivity index (χ0n) is 11.0. The number of benzene rings is 2. The standard InChI is InChI=1S/C17H15N3/c18-15-8-14(9-16(19)10-15)17-7-6-13(11-20-17)12-4-2-1-3-5-12/h1-11H,18-19H2. The first-order valence-electron chi connectivity index (χ1n) is 6.40.